The highest BCUT2D eigenvalue weighted by molar-refractivity contribution is 7.99. The van der Waals surface area contributed by atoms with Gasteiger partial charge in [-0.05, 0) is 43.0 Å². The standard InChI is InChI=1S/C24H29N3O3S/c1-4-18-10-12-19(13-11-18)17(2)25-22(28)16-31-24-26-21-9-6-5-8-20(21)23(29)27(24)14-7-15-30-3/h5-6,8-13,17H,4,7,14-16H2,1-3H3,(H,25,28). The van der Waals surface area contributed by atoms with E-state index in [0.717, 1.165) is 12.0 Å². The summed E-state index contributed by atoms with van der Waals surface area (Å²) in [5.74, 6) is 0.0924. The number of para-hydroxylation sites is 1. The number of nitrogens with one attached hydrogen (secondary N) is 1. The van der Waals surface area contributed by atoms with Gasteiger partial charge in [0.2, 0.25) is 5.91 Å². The van der Waals surface area contributed by atoms with Crippen molar-refractivity contribution < 1.29 is 9.53 Å². The van der Waals surface area contributed by atoms with Crippen LogP contribution in [0.2, 0.25) is 0 Å². The summed E-state index contributed by atoms with van der Waals surface area (Å²) in [6.45, 7) is 5.14. The van der Waals surface area contributed by atoms with E-state index in [1.165, 1.54) is 17.3 Å². The van der Waals surface area contributed by atoms with Gasteiger partial charge in [0.05, 0.1) is 22.7 Å². The SMILES string of the molecule is CCc1ccc(C(C)NC(=O)CSc2nc3ccccc3c(=O)n2CCCOC)cc1. The molecule has 1 N–H and O–H groups in total. The predicted octanol–water partition coefficient (Wildman–Crippen LogP) is 3.96. The van der Waals surface area contributed by atoms with E-state index in [-0.39, 0.29) is 23.3 Å². The number of aryl methyl sites for hydroxylation is 1. The Morgan fingerprint density at radius 1 is 1.19 bits per heavy atom. The summed E-state index contributed by atoms with van der Waals surface area (Å²) >= 11 is 1.28. The predicted molar refractivity (Wildman–Crippen MR) is 126 cm³/mol. The Bertz CT molecular complexity index is 1080. The Morgan fingerprint density at radius 2 is 1.94 bits per heavy atom. The van der Waals surface area contributed by atoms with E-state index in [1.807, 2.05) is 25.1 Å². The number of rotatable bonds is 10. The summed E-state index contributed by atoms with van der Waals surface area (Å²) in [6, 6.07) is 15.5. The van der Waals surface area contributed by atoms with Crippen molar-refractivity contribution in [3.05, 3.63) is 70.0 Å². The lowest BCUT2D eigenvalue weighted by Gasteiger charge is -2.16. The molecule has 1 unspecified atom stereocenters. The van der Waals surface area contributed by atoms with Gasteiger partial charge in [-0.15, -0.1) is 0 Å². The maximum absolute atomic E-state index is 13.0. The fraction of sp³-hybridized carbons (Fsp3) is 0.375. The van der Waals surface area contributed by atoms with Gasteiger partial charge in [-0.3, -0.25) is 14.2 Å². The molecule has 3 rings (SSSR count). The minimum atomic E-state index is -0.0945. The Hall–Kier alpha value is -2.64. The van der Waals surface area contributed by atoms with Crippen LogP contribution in [0.5, 0.6) is 0 Å². The highest BCUT2D eigenvalue weighted by atomic mass is 32.2. The van der Waals surface area contributed by atoms with Gasteiger partial charge in [0, 0.05) is 20.3 Å². The van der Waals surface area contributed by atoms with Gasteiger partial charge < -0.3 is 10.1 Å². The third-order valence-corrected chi connectivity index (χ3v) is 6.13. The number of hydrogen-bond donors (Lipinski definition) is 1. The molecule has 0 saturated carbocycles. The minimum absolute atomic E-state index is 0.0889. The molecule has 0 bridgehead atoms. The molecule has 0 aliphatic heterocycles. The molecule has 6 nitrogen and oxygen atoms in total. The van der Waals surface area contributed by atoms with Crippen LogP contribution in [0.1, 0.15) is 37.4 Å². The number of hydrogen-bond acceptors (Lipinski definition) is 5. The molecule has 0 saturated heterocycles. The van der Waals surface area contributed by atoms with E-state index in [9.17, 15) is 9.59 Å². The normalized spacial score (nSPS) is 12.1. The van der Waals surface area contributed by atoms with Crippen molar-refractivity contribution in [1.82, 2.24) is 14.9 Å². The summed E-state index contributed by atoms with van der Waals surface area (Å²) < 4.78 is 6.77. The van der Waals surface area contributed by atoms with E-state index in [4.69, 9.17) is 4.74 Å². The molecule has 0 spiro atoms. The first-order valence-electron chi connectivity index (χ1n) is 10.5. The zero-order valence-electron chi connectivity index (χ0n) is 18.3. The van der Waals surface area contributed by atoms with E-state index in [2.05, 4.69) is 41.5 Å². The fourth-order valence-corrected chi connectivity index (χ4v) is 4.20. The molecule has 0 radical (unpaired) electrons. The van der Waals surface area contributed by atoms with Gasteiger partial charge >= 0.3 is 0 Å². The number of methoxy groups -OCH3 is 1. The van der Waals surface area contributed by atoms with Gasteiger partial charge in [0.25, 0.3) is 5.56 Å². The lowest BCUT2D eigenvalue weighted by molar-refractivity contribution is -0.119. The molecule has 31 heavy (non-hydrogen) atoms. The lowest BCUT2D eigenvalue weighted by atomic mass is 10.1. The van der Waals surface area contributed by atoms with Crippen LogP contribution in [0.15, 0.2) is 58.5 Å². The number of carbonyl (C=O) groups is 1. The van der Waals surface area contributed by atoms with Crippen LogP contribution >= 0.6 is 11.8 Å². The number of aromatic nitrogens is 2. The molecule has 164 valence electrons. The second-order valence-corrected chi connectivity index (χ2v) is 8.33. The number of carbonyl (C=O) groups excluding carboxylic acids is 1. The minimum Gasteiger partial charge on any atom is -0.385 e. The average Bonchev–Trinajstić information content (AvgIpc) is 2.79. The largest absolute Gasteiger partial charge is 0.385 e. The van der Waals surface area contributed by atoms with Gasteiger partial charge in [-0.1, -0.05) is 55.1 Å². The quantitative estimate of drug-likeness (QED) is 0.294. The third-order valence-electron chi connectivity index (χ3n) is 5.15. The molecule has 3 aromatic rings. The summed E-state index contributed by atoms with van der Waals surface area (Å²) in [5, 5.41) is 4.16. The highest BCUT2D eigenvalue weighted by Gasteiger charge is 2.15. The van der Waals surface area contributed by atoms with Crippen molar-refractivity contribution in [3.63, 3.8) is 0 Å². The summed E-state index contributed by atoms with van der Waals surface area (Å²) in [4.78, 5) is 30.2. The maximum atomic E-state index is 13.0. The van der Waals surface area contributed by atoms with Gasteiger partial charge in [-0.2, -0.15) is 0 Å². The molecule has 0 aliphatic carbocycles. The second kappa shape index (κ2) is 11.1. The van der Waals surface area contributed by atoms with Gasteiger partial charge in [0.15, 0.2) is 5.16 Å². The first-order valence-corrected chi connectivity index (χ1v) is 11.5. The topological polar surface area (TPSA) is 73.2 Å². The lowest BCUT2D eigenvalue weighted by Crippen LogP contribution is -2.29. The molecule has 7 heteroatoms. The van der Waals surface area contributed by atoms with Crippen LogP contribution in [0.3, 0.4) is 0 Å². The van der Waals surface area contributed by atoms with Crippen LogP contribution in [0.4, 0.5) is 0 Å². The zero-order valence-corrected chi connectivity index (χ0v) is 19.1. The zero-order chi connectivity index (χ0) is 22.2. The Morgan fingerprint density at radius 3 is 2.65 bits per heavy atom. The van der Waals surface area contributed by atoms with E-state index in [1.54, 1.807) is 17.7 Å². The van der Waals surface area contributed by atoms with Crippen LogP contribution in [0.25, 0.3) is 10.9 Å². The molecule has 1 aromatic heterocycles. The molecule has 1 atom stereocenters. The van der Waals surface area contributed by atoms with Crippen LogP contribution in [-0.4, -0.2) is 34.9 Å². The number of fused-ring (bicyclic) bond motifs is 1. The first-order chi connectivity index (χ1) is 15.0. The monoisotopic (exact) mass is 439 g/mol. The number of amides is 1. The van der Waals surface area contributed by atoms with Crippen molar-refractivity contribution in [3.8, 4) is 0 Å². The van der Waals surface area contributed by atoms with Gasteiger partial charge in [-0.25, -0.2) is 4.98 Å². The number of benzene rings is 2. The Labute approximate surface area is 187 Å². The number of ether oxygens (including phenoxy) is 1. The van der Waals surface area contributed by atoms with Crippen LogP contribution < -0.4 is 10.9 Å². The molecular formula is C24H29N3O3S. The van der Waals surface area contributed by atoms with E-state index in [0.29, 0.717) is 35.6 Å². The first kappa shape index (κ1) is 23.0. The molecule has 1 heterocycles. The van der Waals surface area contributed by atoms with Gasteiger partial charge in [0.1, 0.15) is 0 Å². The molecule has 0 aliphatic rings. The van der Waals surface area contributed by atoms with Crippen molar-refractivity contribution in [2.45, 2.75) is 44.4 Å². The van der Waals surface area contributed by atoms with E-state index < -0.39 is 0 Å². The smallest absolute Gasteiger partial charge is 0.262 e. The van der Waals surface area contributed by atoms with Crippen molar-refractivity contribution >= 4 is 28.6 Å². The molecule has 2 aromatic carbocycles. The Balaban J connectivity index is 1.71. The Kier molecular flexibility index (Phi) is 8.26. The van der Waals surface area contributed by atoms with Crippen molar-refractivity contribution in [2.75, 3.05) is 19.5 Å². The molecule has 1 amide bonds. The van der Waals surface area contributed by atoms with Crippen LogP contribution in [-0.2, 0) is 22.5 Å². The second-order valence-electron chi connectivity index (χ2n) is 7.39. The molecule has 0 fully saturated rings. The fourth-order valence-electron chi connectivity index (χ4n) is 3.36. The van der Waals surface area contributed by atoms with Crippen molar-refractivity contribution in [1.29, 1.82) is 0 Å². The average molecular weight is 440 g/mol. The van der Waals surface area contributed by atoms with E-state index >= 15 is 0 Å². The van der Waals surface area contributed by atoms with Crippen LogP contribution in [0, 0.1) is 0 Å². The number of nitrogens with zero attached hydrogens (tertiary/aromatic N) is 2. The summed E-state index contributed by atoms with van der Waals surface area (Å²) in [7, 11) is 1.64. The maximum Gasteiger partial charge on any atom is 0.262 e. The molecular weight excluding hydrogens is 410 g/mol. The summed E-state index contributed by atoms with van der Waals surface area (Å²) in [5.41, 5.74) is 2.89. The third kappa shape index (κ3) is 5.95. The van der Waals surface area contributed by atoms with Crippen molar-refractivity contribution in [2.24, 2.45) is 0 Å². The number of thioether (sulfide) groups is 1. The summed E-state index contributed by atoms with van der Waals surface area (Å²) in [6.07, 6.45) is 1.68. The highest BCUT2D eigenvalue weighted by Crippen LogP contribution is 2.19.